The fourth-order valence-corrected chi connectivity index (χ4v) is 1.55. The first kappa shape index (κ1) is 10.5. The molecule has 1 saturated heterocycles. The van der Waals surface area contributed by atoms with Crippen molar-refractivity contribution in [3.63, 3.8) is 0 Å². The van der Waals surface area contributed by atoms with Crippen LogP contribution in [0.3, 0.4) is 0 Å². The number of amides is 1. The van der Waals surface area contributed by atoms with Crippen LogP contribution in [0.15, 0.2) is 0 Å². The first-order valence-electron chi connectivity index (χ1n) is 4.81. The lowest BCUT2D eigenvalue weighted by Crippen LogP contribution is -2.43. The summed E-state index contributed by atoms with van der Waals surface area (Å²) in [5, 5.41) is 11.5. The van der Waals surface area contributed by atoms with Crippen LogP contribution in [0.25, 0.3) is 0 Å². The number of hydrogen-bond donors (Lipinski definition) is 2. The van der Waals surface area contributed by atoms with E-state index in [4.69, 9.17) is 5.11 Å². The van der Waals surface area contributed by atoms with Crippen molar-refractivity contribution in [2.45, 2.75) is 25.3 Å². The summed E-state index contributed by atoms with van der Waals surface area (Å²) in [5.41, 5.74) is 0. The van der Waals surface area contributed by atoms with Crippen LogP contribution in [-0.2, 0) is 4.79 Å². The predicted octanol–water partition coefficient (Wildman–Crippen LogP) is -0.421. The molecule has 4 heteroatoms. The second-order valence-electron chi connectivity index (χ2n) is 3.62. The van der Waals surface area contributed by atoms with E-state index < -0.39 is 0 Å². The Morgan fingerprint density at radius 1 is 1.54 bits per heavy atom. The summed E-state index contributed by atoms with van der Waals surface area (Å²) in [6.45, 7) is 2.03. The highest BCUT2D eigenvalue weighted by molar-refractivity contribution is 5.76. The van der Waals surface area contributed by atoms with E-state index in [2.05, 4.69) is 17.3 Å². The summed E-state index contributed by atoms with van der Waals surface area (Å²) < 4.78 is 0. The van der Waals surface area contributed by atoms with Crippen molar-refractivity contribution in [3.05, 3.63) is 0 Å². The molecule has 13 heavy (non-hydrogen) atoms. The van der Waals surface area contributed by atoms with Crippen molar-refractivity contribution >= 4 is 5.91 Å². The molecule has 0 aliphatic carbocycles. The molecule has 0 spiro atoms. The molecule has 0 unspecified atom stereocenters. The minimum atomic E-state index is -0.0571. The summed E-state index contributed by atoms with van der Waals surface area (Å²) in [6.07, 6.45) is 2.27. The number of hydrogen-bond acceptors (Lipinski definition) is 3. The third-order valence-electron chi connectivity index (χ3n) is 2.42. The van der Waals surface area contributed by atoms with Crippen molar-refractivity contribution < 1.29 is 9.90 Å². The average Bonchev–Trinajstić information content (AvgIpc) is 2.09. The molecule has 2 N–H and O–H groups in total. The first-order chi connectivity index (χ1) is 6.22. The van der Waals surface area contributed by atoms with Gasteiger partial charge in [-0.2, -0.15) is 0 Å². The molecule has 4 nitrogen and oxygen atoms in total. The Labute approximate surface area is 78.9 Å². The maximum Gasteiger partial charge on any atom is 0.222 e. The lowest BCUT2D eigenvalue weighted by molar-refractivity contribution is -0.122. The number of rotatable bonds is 3. The van der Waals surface area contributed by atoms with Gasteiger partial charge in [0.1, 0.15) is 0 Å². The Bertz CT molecular complexity index is 165. The maximum absolute atomic E-state index is 11.1. The van der Waals surface area contributed by atoms with Crippen LogP contribution in [-0.4, -0.2) is 48.7 Å². The van der Waals surface area contributed by atoms with Crippen LogP contribution in [0.4, 0.5) is 0 Å². The quantitative estimate of drug-likeness (QED) is 0.629. The lowest BCUT2D eigenvalue weighted by Gasteiger charge is -2.29. The van der Waals surface area contributed by atoms with E-state index in [1.807, 2.05) is 0 Å². The van der Waals surface area contributed by atoms with Gasteiger partial charge in [-0.25, -0.2) is 0 Å². The molecule has 1 heterocycles. The Morgan fingerprint density at radius 2 is 2.15 bits per heavy atom. The van der Waals surface area contributed by atoms with Gasteiger partial charge in [0.15, 0.2) is 0 Å². The molecule has 1 rings (SSSR count). The largest absolute Gasteiger partial charge is 0.396 e. The Balaban J connectivity index is 2.18. The van der Waals surface area contributed by atoms with E-state index in [0.29, 0.717) is 6.04 Å². The molecule has 0 radical (unpaired) electrons. The number of carbonyl (C=O) groups is 1. The minimum absolute atomic E-state index is 0.0305. The molecule has 0 atom stereocenters. The second kappa shape index (κ2) is 5.19. The zero-order chi connectivity index (χ0) is 9.68. The molecule has 1 fully saturated rings. The van der Waals surface area contributed by atoms with Crippen LogP contribution >= 0.6 is 0 Å². The number of aliphatic hydroxyl groups excluding tert-OH is 1. The van der Waals surface area contributed by atoms with Gasteiger partial charge >= 0.3 is 0 Å². The van der Waals surface area contributed by atoms with Crippen LogP contribution in [0, 0.1) is 0 Å². The van der Waals surface area contributed by atoms with Crippen molar-refractivity contribution in [3.8, 4) is 0 Å². The van der Waals surface area contributed by atoms with Gasteiger partial charge in [0.05, 0.1) is 6.61 Å². The van der Waals surface area contributed by atoms with Crippen LogP contribution in [0.1, 0.15) is 19.3 Å². The van der Waals surface area contributed by atoms with Crippen molar-refractivity contribution in [1.29, 1.82) is 0 Å². The summed E-state index contributed by atoms with van der Waals surface area (Å²) in [7, 11) is 2.09. The topological polar surface area (TPSA) is 52.6 Å². The molecule has 1 aliphatic heterocycles. The highest BCUT2D eigenvalue weighted by atomic mass is 16.3. The van der Waals surface area contributed by atoms with Crippen molar-refractivity contribution in [2.24, 2.45) is 0 Å². The second-order valence-corrected chi connectivity index (χ2v) is 3.62. The van der Waals surface area contributed by atoms with Crippen LogP contribution in [0.5, 0.6) is 0 Å². The van der Waals surface area contributed by atoms with Gasteiger partial charge in [0.2, 0.25) is 5.91 Å². The Kier molecular flexibility index (Phi) is 4.18. The SMILES string of the molecule is CN1CCC(NC(=O)CCO)CC1. The number of piperidine rings is 1. The number of aliphatic hydroxyl groups is 1. The van der Waals surface area contributed by atoms with Crippen LogP contribution < -0.4 is 5.32 Å². The molecular formula is C9H18N2O2. The zero-order valence-corrected chi connectivity index (χ0v) is 8.12. The minimum Gasteiger partial charge on any atom is -0.396 e. The van der Waals surface area contributed by atoms with E-state index >= 15 is 0 Å². The number of nitrogens with zero attached hydrogens (tertiary/aromatic N) is 1. The fraction of sp³-hybridized carbons (Fsp3) is 0.889. The third-order valence-corrected chi connectivity index (χ3v) is 2.42. The standard InChI is InChI=1S/C9H18N2O2/c1-11-5-2-8(3-6-11)10-9(13)4-7-12/h8,12H,2-7H2,1H3,(H,10,13). The molecule has 0 saturated carbocycles. The van der Waals surface area contributed by atoms with E-state index in [1.165, 1.54) is 0 Å². The fourth-order valence-electron chi connectivity index (χ4n) is 1.55. The van der Waals surface area contributed by atoms with E-state index in [1.54, 1.807) is 0 Å². The molecule has 0 aromatic rings. The lowest BCUT2D eigenvalue weighted by atomic mass is 10.1. The zero-order valence-electron chi connectivity index (χ0n) is 8.12. The molecule has 1 amide bonds. The van der Waals surface area contributed by atoms with Crippen molar-refractivity contribution in [2.75, 3.05) is 26.7 Å². The Morgan fingerprint density at radius 3 is 2.69 bits per heavy atom. The molecule has 0 aromatic heterocycles. The molecule has 0 bridgehead atoms. The van der Waals surface area contributed by atoms with Gasteiger partial charge < -0.3 is 15.3 Å². The monoisotopic (exact) mass is 186 g/mol. The normalized spacial score (nSPS) is 20.2. The molecule has 76 valence electrons. The summed E-state index contributed by atoms with van der Waals surface area (Å²) >= 11 is 0. The van der Waals surface area contributed by atoms with E-state index in [-0.39, 0.29) is 18.9 Å². The van der Waals surface area contributed by atoms with E-state index in [9.17, 15) is 4.79 Å². The number of carbonyl (C=O) groups excluding carboxylic acids is 1. The Hall–Kier alpha value is -0.610. The summed E-state index contributed by atoms with van der Waals surface area (Å²) in [6, 6.07) is 0.315. The van der Waals surface area contributed by atoms with Gasteiger partial charge in [-0.15, -0.1) is 0 Å². The maximum atomic E-state index is 11.1. The van der Waals surface area contributed by atoms with Gasteiger partial charge in [0.25, 0.3) is 0 Å². The molecule has 1 aliphatic rings. The first-order valence-corrected chi connectivity index (χ1v) is 4.81. The third kappa shape index (κ3) is 3.74. The van der Waals surface area contributed by atoms with Gasteiger partial charge in [-0.3, -0.25) is 4.79 Å². The smallest absolute Gasteiger partial charge is 0.222 e. The number of likely N-dealkylation sites (tertiary alicyclic amines) is 1. The van der Waals surface area contributed by atoms with Crippen molar-refractivity contribution in [1.82, 2.24) is 10.2 Å². The van der Waals surface area contributed by atoms with Gasteiger partial charge in [-0.05, 0) is 33.0 Å². The highest BCUT2D eigenvalue weighted by Gasteiger charge is 2.17. The summed E-state index contributed by atoms with van der Waals surface area (Å²) in [4.78, 5) is 13.4. The number of nitrogens with one attached hydrogen (secondary N) is 1. The average molecular weight is 186 g/mol. The molecular weight excluding hydrogens is 168 g/mol. The van der Waals surface area contributed by atoms with Gasteiger partial charge in [-0.1, -0.05) is 0 Å². The van der Waals surface area contributed by atoms with Crippen LogP contribution in [0.2, 0.25) is 0 Å². The predicted molar refractivity (Wildman–Crippen MR) is 50.4 cm³/mol. The molecule has 0 aromatic carbocycles. The van der Waals surface area contributed by atoms with Gasteiger partial charge in [0, 0.05) is 12.5 Å². The van der Waals surface area contributed by atoms with E-state index in [0.717, 1.165) is 25.9 Å². The summed E-state index contributed by atoms with van der Waals surface area (Å²) in [5.74, 6) is -0.0305. The highest BCUT2D eigenvalue weighted by Crippen LogP contribution is 2.07.